The van der Waals surface area contributed by atoms with E-state index in [1.807, 2.05) is 24.5 Å². The van der Waals surface area contributed by atoms with E-state index in [1.54, 1.807) is 0 Å². The summed E-state index contributed by atoms with van der Waals surface area (Å²) in [7, 11) is 4.36. The lowest BCUT2D eigenvalue weighted by Gasteiger charge is -2.19. The number of likely N-dealkylation sites (tertiary alicyclic amines) is 2. The first-order valence-electron chi connectivity index (χ1n) is 10.9. The number of rotatable bonds is 3. The molecule has 0 radical (unpaired) electrons. The normalized spacial score (nSPS) is 23.3. The molecule has 2 saturated heterocycles. The first-order chi connectivity index (χ1) is 14.7. The third-order valence-corrected chi connectivity index (χ3v) is 6.84. The summed E-state index contributed by atoms with van der Waals surface area (Å²) in [5, 5.41) is 2.04. The number of fused-ring (bicyclic) bond motifs is 2. The molecule has 0 unspecified atom stereocenters. The summed E-state index contributed by atoms with van der Waals surface area (Å²) in [6, 6.07) is 9.37. The molecule has 4 aromatic heterocycles. The fourth-order valence-corrected chi connectivity index (χ4v) is 5.17. The van der Waals surface area contributed by atoms with Gasteiger partial charge < -0.3 is 8.83 Å². The fraction of sp³-hybridized carbons (Fsp3) is 0.417. The van der Waals surface area contributed by atoms with E-state index in [4.69, 9.17) is 8.83 Å². The molecule has 0 bridgehead atoms. The first-order valence-corrected chi connectivity index (χ1v) is 10.9. The van der Waals surface area contributed by atoms with Crippen LogP contribution in [0.5, 0.6) is 0 Å². The highest BCUT2D eigenvalue weighted by Crippen LogP contribution is 2.36. The summed E-state index contributed by atoms with van der Waals surface area (Å²) in [5.41, 5.74) is 3.81. The third kappa shape index (κ3) is 2.94. The maximum absolute atomic E-state index is 6.02. The van der Waals surface area contributed by atoms with Crippen LogP contribution in [-0.2, 0) is 0 Å². The summed E-state index contributed by atoms with van der Waals surface area (Å²) in [6.07, 6.45) is 8.74. The van der Waals surface area contributed by atoms with Gasteiger partial charge in [-0.3, -0.25) is 9.80 Å². The van der Waals surface area contributed by atoms with Crippen molar-refractivity contribution in [2.75, 3.05) is 27.2 Å². The Labute approximate surface area is 175 Å². The quantitative estimate of drug-likeness (QED) is 0.471. The Morgan fingerprint density at radius 2 is 1.20 bits per heavy atom. The Bertz CT molecular complexity index is 1130. The molecule has 30 heavy (non-hydrogen) atoms. The van der Waals surface area contributed by atoms with Gasteiger partial charge in [-0.2, -0.15) is 0 Å². The zero-order valence-electron chi connectivity index (χ0n) is 17.5. The second-order valence-corrected chi connectivity index (χ2v) is 8.82. The minimum Gasteiger partial charge on any atom is -0.434 e. The summed E-state index contributed by atoms with van der Waals surface area (Å²) >= 11 is 0. The Hall–Kier alpha value is -2.70. The minimum absolute atomic E-state index is 0.447. The highest BCUT2D eigenvalue weighted by molar-refractivity contribution is 5.84. The van der Waals surface area contributed by atoms with Gasteiger partial charge in [-0.15, -0.1) is 0 Å². The number of furan rings is 2. The van der Waals surface area contributed by atoms with Crippen LogP contribution in [0.2, 0.25) is 0 Å². The molecule has 0 N–H and O–H groups in total. The molecule has 0 amide bonds. The predicted octanol–water partition coefficient (Wildman–Crippen LogP) is 5.17. The van der Waals surface area contributed by atoms with Gasteiger partial charge in [0.1, 0.15) is 0 Å². The number of hydrogen-bond acceptors (Lipinski definition) is 6. The van der Waals surface area contributed by atoms with E-state index in [-0.39, 0.29) is 0 Å². The average Bonchev–Trinajstić information content (AvgIpc) is 3.52. The van der Waals surface area contributed by atoms with Gasteiger partial charge >= 0.3 is 0 Å². The van der Waals surface area contributed by atoms with E-state index in [1.165, 1.54) is 36.8 Å². The van der Waals surface area contributed by atoms with Gasteiger partial charge in [0.25, 0.3) is 0 Å². The van der Waals surface area contributed by atoms with Crippen LogP contribution in [0.25, 0.3) is 33.7 Å². The number of pyridine rings is 2. The van der Waals surface area contributed by atoms with Crippen molar-refractivity contribution in [2.45, 2.75) is 37.8 Å². The zero-order chi connectivity index (χ0) is 20.2. The second kappa shape index (κ2) is 6.93. The molecule has 2 aliphatic rings. The lowest BCUT2D eigenvalue weighted by molar-refractivity contribution is 0.317. The van der Waals surface area contributed by atoms with E-state index < -0.39 is 0 Å². The smallest absolute Gasteiger partial charge is 0.226 e. The molecule has 154 valence electrons. The van der Waals surface area contributed by atoms with Crippen molar-refractivity contribution in [2.24, 2.45) is 0 Å². The van der Waals surface area contributed by atoms with Crippen LogP contribution < -0.4 is 0 Å². The molecular formula is C24H26N4O2. The largest absolute Gasteiger partial charge is 0.434 e. The lowest BCUT2D eigenvalue weighted by Crippen LogP contribution is -2.17. The van der Waals surface area contributed by atoms with Crippen LogP contribution in [-0.4, -0.2) is 47.0 Å². The van der Waals surface area contributed by atoms with Crippen molar-refractivity contribution in [3.8, 4) is 11.5 Å². The van der Waals surface area contributed by atoms with Crippen LogP contribution in [0.15, 0.2) is 45.5 Å². The molecule has 0 aliphatic carbocycles. The molecule has 6 heteroatoms. The van der Waals surface area contributed by atoms with Crippen molar-refractivity contribution in [1.29, 1.82) is 0 Å². The van der Waals surface area contributed by atoms with Gasteiger partial charge in [0.05, 0.1) is 0 Å². The molecule has 2 aliphatic heterocycles. The monoisotopic (exact) mass is 402 g/mol. The van der Waals surface area contributed by atoms with Crippen molar-refractivity contribution in [3.63, 3.8) is 0 Å². The number of aromatic nitrogens is 2. The van der Waals surface area contributed by atoms with Gasteiger partial charge in [-0.25, -0.2) is 9.97 Å². The first kappa shape index (κ1) is 18.1. The van der Waals surface area contributed by atoms with Crippen LogP contribution >= 0.6 is 0 Å². The van der Waals surface area contributed by atoms with Gasteiger partial charge in [-0.1, -0.05) is 0 Å². The fourth-order valence-electron chi connectivity index (χ4n) is 5.17. The molecule has 0 aromatic carbocycles. The van der Waals surface area contributed by atoms with Crippen LogP contribution in [0.1, 0.15) is 48.9 Å². The van der Waals surface area contributed by atoms with Gasteiger partial charge in [0, 0.05) is 35.2 Å². The molecule has 2 atom stereocenters. The SMILES string of the molecule is CN1CCC[C@H]1c1cnc2oc(-c3cc4cc([C@@H]5CCCN5C)cnc4o3)cc2c1. The summed E-state index contributed by atoms with van der Waals surface area (Å²) in [5.74, 6) is 1.40. The molecule has 2 fully saturated rings. The molecule has 0 spiro atoms. The maximum atomic E-state index is 6.02. The highest BCUT2D eigenvalue weighted by Gasteiger charge is 2.25. The van der Waals surface area contributed by atoms with E-state index in [9.17, 15) is 0 Å². The Kier molecular flexibility index (Phi) is 4.18. The molecule has 6 rings (SSSR count). The molecule has 0 saturated carbocycles. The molecule has 4 aromatic rings. The molecular weight excluding hydrogens is 376 g/mol. The average molecular weight is 402 g/mol. The van der Waals surface area contributed by atoms with E-state index in [0.29, 0.717) is 35.0 Å². The third-order valence-electron chi connectivity index (χ3n) is 6.84. The lowest BCUT2D eigenvalue weighted by atomic mass is 10.1. The summed E-state index contributed by atoms with van der Waals surface area (Å²) < 4.78 is 12.0. The maximum Gasteiger partial charge on any atom is 0.226 e. The Morgan fingerprint density at radius 3 is 1.60 bits per heavy atom. The highest BCUT2D eigenvalue weighted by atomic mass is 16.4. The van der Waals surface area contributed by atoms with E-state index in [2.05, 4.69) is 46.0 Å². The van der Waals surface area contributed by atoms with E-state index in [0.717, 1.165) is 23.9 Å². The number of nitrogens with zero attached hydrogens (tertiary/aromatic N) is 4. The van der Waals surface area contributed by atoms with Crippen LogP contribution in [0, 0.1) is 0 Å². The predicted molar refractivity (Wildman–Crippen MR) is 116 cm³/mol. The van der Waals surface area contributed by atoms with E-state index >= 15 is 0 Å². The zero-order valence-corrected chi connectivity index (χ0v) is 17.5. The van der Waals surface area contributed by atoms with Crippen LogP contribution in [0.3, 0.4) is 0 Å². The summed E-state index contributed by atoms with van der Waals surface area (Å²) in [4.78, 5) is 14.0. The van der Waals surface area contributed by atoms with Crippen molar-refractivity contribution in [1.82, 2.24) is 19.8 Å². The van der Waals surface area contributed by atoms with Crippen molar-refractivity contribution >= 4 is 22.2 Å². The topological polar surface area (TPSA) is 58.5 Å². The Balaban J connectivity index is 1.35. The van der Waals surface area contributed by atoms with Gasteiger partial charge in [0.15, 0.2) is 11.5 Å². The van der Waals surface area contributed by atoms with Crippen molar-refractivity contribution in [3.05, 3.63) is 47.8 Å². The number of hydrogen-bond donors (Lipinski definition) is 0. The molecule has 6 heterocycles. The van der Waals surface area contributed by atoms with Crippen molar-refractivity contribution < 1.29 is 8.83 Å². The standard InChI is InChI=1S/C24H26N4O2/c1-27-7-3-5-19(27)17-9-15-11-21(29-23(15)25-13-17)22-12-16-10-18(14-26-24(16)30-22)20-6-4-8-28(20)2/h9-14,19-20H,3-8H2,1-2H3/t19-,20-/m0/s1. The second-order valence-electron chi connectivity index (χ2n) is 8.82. The minimum atomic E-state index is 0.447. The van der Waals surface area contributed by atoms with Gasteiger partial charge in [-0.05, 0) is 88.3 Å². The van der Waals surface area contributed by atoms with Crippen LogP contribution in [0.4, 0.5) is 0 Å². The Morgan fingerprint density at radius 1 is 0.733 bits per heavy atom. The summed E-state index contributed by atoms with van der Waals surface area (Å²) in [6.45, 7) is 2.29. The molecule has 6 nitrogen and oxygen atoms in total. The van der Waals surface area contributed by atoms with Gasteiger partial charge in [0.2, 0.25) is 11.4 Å².